The quantitative estimate of drug-likeness (QED) is 0.153. The highest BCUT2D eigenvalue weighted by atomic mass is 14.2. The zero-order chi connectivity index (χ0) is 35.8. The fourth-order valence-corrected chi connectivity index (χ4v) is 8.32. The number of benzene rings is 10. The van der Waals surface area contributed by atoms with Crippen LogP contribution in [0.1, 0.15) is 0 Å². The van der Waals surface area contributed by atoms with Gasteiger partial charge in [0.05, 0.1) is 0 Å². The minimum Gasteiger partial charge on any atom is -0.0622 e. The van der Waals surface area contributed by atoms with Crippen LogP contribution in [0, 0.1) is 0 Å². The molecule has 0 aliphatic rings. The van der Waals surface area contributed by atoms with Crippen LogP contribution < -0.4 is 0 Å². The van der Waals surface area contributed by atoms with E-state index in [4.69, 9.17) is 0 Å². The van der Waals surface area contributed by atoms with E-state index < -0.39 is 0 Å². The minimum atomic E-state index is 1.19. The number of hydrogen-bond acceptors (Lipinski definition) is 0. The third kappa shape index (κ3) is 5.57. The van der Waals surface area contributed by atoms with Crippen molar-refractivity contribution in [2.45, 2.75) is 0 Å². The van der Waals surface area contributed by atoms with E-state index in [1.807, 2.05) is 0 Å². The van der Waals surface area contributed by atoms with Crippen molar-refractivity contribution >= 4 is 32.3 Å². The molecule has 0 N–H and O–H groups in total. The van der Waals surface area contributed by atoms with Gasteiger partial charge in [0.25, 0.3) is 0 Å². The second-order valence-corrected chi connectivity index (χ2v) is 14.0. The summed E-state index contributed by atoms with van der Waals surface area (Å²) in [5.41, 5.74) is 14.7. The van der Waals surface area contributed by atoms with Gasteiger partial charge in [-0.25, -0.2) is 0 Å². The monoisotopic (exact) mass is 684 g/mol. The molecule has 10 aromatic rings. The molecule has 10 aromatic carbocycles. The highest BCUT2D eigenvalue weighted by Crippen LogP contribution is 2.47. The summed E-state index contributed by atoms with van der Waals surface area (Å²) in [6.45, 7) is 0. The summed E-state index contributed by atoms with van der Waals surface area (Å²) in [6, 6.07) is 79.8. The minimum absolute atomic E-state index is 1.19. The van der Waals surface area contributed by atoms with Crippen LogP contribution >= 0.6 is 0 Å². The first-order valence-electron chi connectivity index (χ1n) is 18.7. The summed E-state index contributed by atoms with van der Waals surface area (Å²) in [7, 11) is 0. The first-order valence-corrected chi connectivity index (χ1v) is 18.7. The first kappa shape index (κ1) is 31.7. The lowest BCUT2D eigenvalue weighted by atomic mass is 9.82. The zero-order valence-corrected chi connectivity index (χ0v) is 29.8. The van der Waals surface area contributed by atoms with Crippen molar-refractivity contribution in [2.24, 2.45) is 0 Å². The van der Waals surface area contributed by atoms with Crippen LogP contribution in [-0.4, -0.2) is 0 Å². The molecule has 0 saturated carbocycles. The van der Waals surface area contributed by atoms with Gasteiger partial charge in [0.2, 0.25) is 0 Å². The molecular formula is C54H36. The van der Waals surface area contributed by atoms with E-state index in [9.17, 15) is 0 Å². The van der Waals surface area contributed by atoms with Crippen LogP contribution in [0.25, 0.3) is 99.1 Å². The largest absolute Gasteiger partial charge is 0.0622 e. The molecule has 252 valence electrons. The van der Waals surface area contributed by atoms with Gasteiger partial charge in [-0.1, -0.05) is 206 Å². The molecule has 0 atom stereocenters. The summed E-state index contributed by atoms with van der Waals surface area (Å²) in [5, 5.41) is 7.49. The molecule has 0 nitrogen and oxygen atoms in total. The van der Waals surface area contributed by atoms with Gasteiger partial charge < -0.3 is 0 Å². The fourth-order valence-electron chi connectivity index (χ4n) is 8.32. The average molecular weight is 685 g/mol. The molecule has 0 heterocycles. The molecule has 0 fully saturated rings. The summed E-state index contributed by atoms with van der Waals surface area (Å²) < 4.78 is 0. The second kappa shape index (κ2) is 13.5. The Labute approximate surface area is 316 Å². The highest BCUT2D eigenvalue weighted by molar-refractivity contribution is 6.22. The molecule has 0 bridgehead atoms. The van der Waals surface area contributed by atoms with E-state index in [-0.39, 0.29) is 0 Å². The molecule has 0 aliphatic heterocycles. The van der Waals surface area contributed by atoms with Crippen molar-refractivity contribution in [1.82, 2.24) is 0 Å². The van der Waals surface area contributed by atoms with Gasteiger partial charge in [-0.05, 0) is 111 Å². The van der Waals surface area contributed by atoms with E-state index in [0.717, 1.165) is 0 Å². The molecule has 10 rings (SSSR count). The molecule has 0 heteroatoms. The Morgan fingerprint density at radius 2 is 0.593 bits per heavy atom. The van der Waals surface area contributed by atoms with Crippen molar-refractivity contribution in [3.8, 4) is 66.8 Å². The van der Waals surface area contributed by atoms with Gasteiger partial charge >= 0.3 is 0 Å². The summed E-state index contributed by atoms with van der Waals surface area (Å²) in [5.74, 6) is 0. The van der Waals surface area contributed by atoms with Crippen LogP contribution in [0.2, 0.25) is 0 Å². The maximum Gasteiger partial charge on any atom is -0.00199 e. The number of rotatable bonds is 6. The Morgan fingerprint density at radius 1 is 0.185 bits per heavy atom. The van der Waals surface area contributed by atoms with Gasteiger partial charge in [0.1, 0.15) is 0 Å². The molecular weight excluding hydrogens is 649 g/mol. The van der Waals surface area contributed by atoms with Crippen LogP contribution in [0.3, 0.4) is 0 Å². The average Bonchev–Trinajstić information content (AvgIpc) is 3.26. The number of fused-ring (bicyclic) bond motifs is 3. The second-order valence-electron chi connectivity index (χ2n) is 14.0. The number of hydrogen-bond donors (Lipinski definition) is 0. The zero-order valence-electron chi connectivity index (χ0n) is 29.8. The van der Waals surface area contributed by atoms with Crippen molar-refractivity contribution in [3.63, 3.8) is 0 Å². The van der Waals surface area contributed by atoms with Gasteiger partial charge in [0, 0.05) is 0 Å². The molecule has 0 unspecified atom stereocenters. The lowest BCUT2D eigenvalue weighted by molar-refractivity contribution is 1.56. The maximum atomic E-state index is 2.44. The van der Waals surface area contributed by atoms with Crippen molar-refractivity contribution in [2.75, 3.05) is 0 Å². The molecule has 0 aliphatic carbocycles. The Balaban J connectivity index is 1.23. The van der Waals surface area contributed by atoms with E-state index in [2.05, 4.69) is 218 Å². The Morgan fingerprint density at radius 3 is 1.24 bits per heavy atom. The predicted octanol–water partition coefficient (Wildman–Crippen LogP) is 15.1. The standard InChI is InChI=1S/C54H36/c1-3-15-37(16-4-1)39-27-30-40(31-28-39)45-21-9-10-22-46(45)44-33-34-47(43-32-29-38-17-7-8-20-42(38)35-43)52(36-44)54-50-25-13-11-23-48(50)53(41-18-5-2-6-19-41)49-24-12-14-26-51(49)54/h1-36H. The fraction of sp³-hybridized carbons (Fsp3) is 0. The first-order chi connectivity index (χ1) is 26.8. The van der Waals surface area contributed by atoms with Crippen LogP contribution in [0.5, 0.6) is 0 Å². The van der Waals surface area contributed by atoms with Gasteiger partial charge in [0.15, 0.2) is 0 Å². The van der Waals surface area contributed by atoms with Crippen LogP contribution in [0.15, 0.2) is 218 Å². The van der Waals surface area contributed by atoms with E-state index >= 15 is 0 Å². The molecule has 0 amide bonds. The Bertz CT molecular complexity index is 2900. The third-order valence-electron chi connectivity index (χ3n) is 10.9. The van der Waals surface area contributed by atoms with Crippen LogP contribution in [-0.2, 0) is 0 Å². The van der Waals surface area contributed by atoms with E-state index in [1.54, 1.807) is 0 Å². The molecule has 0 saturated heterocycles. The highest BCUT2D eigenvalue weighted by Gasteiger charge is 2.20. The SMILES string of the molecule is c1ccc(-c2ccc(-c3ccccc3-c3ccc(-c4ccc5ccccc5c4)c(-c4c5ccccc5c(-c5ccccc5)c5ccccc45)c3)cc2)cc1. The molecule has 0 aromatic heterocycles. The summed E-state index contributed by atoms with van der Waals surface area (Å²) in [6.07, 6.45) is 0. The predicted molar refractivity (Wildman–Crippen MR) is 232 cm³/mol. The molecule has 54 heavy (non-hydrogen) atoms. The van der Waals surface area contributed by atoms with Crippen molar-refractivity contribution < 1.29 is 0 Å². The third-order valence-corrected chi connectivity index (χ3v) is 10.9. The summed E-state index contributed by atoms with van der Waals surface area (Å²) >= 11 is 0. The smallest absolute Gasteiger partial charge is 0.00199 e. The van der Waals surface area contributed by atoms with Gasteiger partial charge in [-0.2, -0.15) is 0 Å². The van der Waals surface area contributed by atoms with E-state index in [1.165, 1.54) is 99.1 Å². The van der Waals surface area contributed by atoms with Crippen LogP contribution in [0.4, 0.5) is 0 Å². The lowest BCUT2D eigenvalue weighted by Crippen LogP contribution is -1.94. The van der Waals surface area contributed by atoms with E-state index in [0.29, 0.717) is 0 Å². The van der Waals surface area contributed by atoms with Crippen molar-refractivity contribution in [3.05, 3.63) is 218 Å². The summed E-state index contributed by atoms with van der Waals surface area (Å²) in [4.78, 5) is 0. The van der Waals surface area contributed by atoms with Gasteiger partial charge in [-0.3, -0.25) is 0 Å². The topological polar surface area (TPSA) is 0 Å². The van der Waals surface area contributed by atoms with Gasteiger partial charge in [-0.15, -0.1) is 0 Å². The Kier molecular flexibility index (Phi) is 7.93. The lowest BCUT2D eigenvalue weighted by Gasteiger charge is -2.21. The van der Waals surface area contributed by atoms with Crippen molar-refractivity contribution in [1.29, 1.82) is 0 Å². The Hall–Kier alpha value is -7.02. The maximum absolute atomic E-state index is 2.44. The normalized spacial score (nSPS) is 11.3. The molecule has 0 radical (unpaired) electrons. The molecule has 0 spiro atoms.